The van der Waals surface area contributed by atoms with Gasteiger partial charge in [0.2, 0.25) is 0 Å². The quantitative estimate of drug-likeness (QED) is 0.596. The molecule has 0 aliphatic heterocycles. The van der Waals surface area contributed by atoms with Crippen molar-refractivity contribution in [3.8, 4) is 17.3 Å². The lowest BCUT2D eigenvalue weighted by Crippen LogP contribution is -1.96. The molecule has 0 aliphatic rings. The SMILES string of the molecule is Cc1cc(-c2ccn(C)n2)c(C#N)cc1[N+](=O)[O-]. The lowest BCUT2D eigenvalue weighted by atomic mass is 10.0. The summed E-state index contributed by atoms with van der Waals surface area (Å²) in [7, 11) is 1.77. The molecule has 0 spiro atoms. The molecule has 0 unspecified atom stereocenters. The second kappa shape index (κ2) is 4.30. The number of aromatic nitrogens is 2. The van der Waals surface area contributed by atoms with E-state index in [0.717, 1.165) is 0 Å². The Bertz CT molecular complexity index is 667. The number of aryl methyl sites for hydroxylation is 2. The van der Waals surface area contributed by atoms with Crippen molar-refractivity contribution in [1.29, 1.82) is 5.26 Å². The second-order valence-electron chi connectivity index (χ2n) is 3.93. The maximum Gasteiger partial charge on any atom is 0.273 e. The molecule has 0 fully saturated rings. The van der Waals surface area contributed by atoms with Crippen LogP contribution >= 0.6 is 0 Å². The molecule has 0 saturated carbocycles. The number of nitro groups is 1. The average Bonchev–Trinajstić information content (AvgIpc) is 2.75. The van der Waals surface area contributed by atoms with E-state index in [2.05, 4.69) is 5.10 Å². The van der Waals surface area contributed by atoms with Crippen LogP contribution in [0.3, 0.4) is 0 Å². The number of nitrogens with zero attached hydrogens (tertiary/aromatic N) is 4. The average molecular weight is 242 g/mol. The van der Waals surface area contributed by atoms with E-state index >= 15 is 0 Å². The van der Waals surface area contributed by atoms with Crippen LogP contribution in [0.5, 0.6) is 0 Å². The zero-order valence-electron chi connectivity index (χ0n) is 9.91. The van der Waals surface area contributed by atoms with Gasteiger partial charge in [-0.3, -0.25) is 14.8 Å². The highest BCUT2D eigenvalue weighted by Crippen LogP contribution is 2.28. The second-order valence-corrected chi connectivity index (χ2v) is 3.93. The number of nitro benzene ring substituents is 1. The first kappa shape index (κ1) is 11.8. The Labute approximate surface area is 103 Å². The maximum atomic E-state index is 10.8. The molecule has 0 radical (unpaired) electrons. The van der Waals surface area contributed by atoms with Gasteiger partial charge in [-0.2, -0.15) is 10.4 Å². The normalized spacial score (nSPS) is 10.1. The number of nitriles is 1. The van der Waals surface area contributed by atoms with Crippen LogP contribution in [-0.2, 0) is 7.05 Å². The summed E-state index contributed by atoms with van der Waals surface area (Å²) in [5.74, 6) is 0. The first-order chi connectivity index (χ1) is 8.52. The highest BCUT2D eigenvalue weighted by Gasteiger charge is 2.17. The van der Waals surface area contributed by atoms with Crippen molar-refractivity contribution in [1.82, 2.24) is 9.78 Å². The molecule has 18 heavy (non-hydrogen) atoms. The maximum absolute atomic E-state index is 10.8. The molecule has 90 valence electrons. The van der Waals surface area contributed by atoms with Gasteiger partial charge in [0.05, 0.1) is 16.2 Å². The van der Waals surface area contributed by atoms with Crippen LogP contribution < -0.4 is 0 Å². The summed E-state index contributed by atoms with van der Waals surface area (Å²) in [4.78, 5) is 10.3. The minimum atomic E-state index is -0.488. The van der Waals surface area contributed by atoms with Gasteiger partial charge in [-0.1, -0.05) is 0 Å². The van der Waals surface area contributed by atoms with E-state index in [1.165, 1.54) is 6.07 Å². The Hall–Kier alpha value is -2.68. The molecule has 2 rings (SSSR count). The summed E-state index contributed by atoms with van der Waals surface area (Å²) in [6.45, 7) is 1.64. The monoisotopic (exact) mass is 242 g/mol. The van der Waals surface area contributed by atoms with E-state index in [1.54, 1.807) is 37.0 Å². The van der Waals surface area contributed by atoms with Crippen LogP contribution in [-0.4, -0.2) is 14.7 Å². The van der Waals surface area contributed by atoms with Gasteiger partial charge in [0, 0.05) is 30.4 Å². The van der Waals surface area contributed by atoms with Gasteiger partial charge in [-0.05, 0) is 19.1 Å². The van der Waals surface area contributed by atoms with E-state index in [4.69, 9.17) is 5.26 Å². The number of rotatable bonds is 2. The third-order valence-electron chi connectivity index (χ3n) is 2.64. The molecule has 1 aromatic carbocycles. The fraction of sp³-hybridized carbons (Fsp3) is 0.167. The van der Waals surface area contributed by atoms with Gasteiger partial charge in [-0.25, -0.2) is 0 Å². The molecular formula is C12H10N4O2. The van der Waals surface area contributed by atoms with E-state index in [-0.39, 0.29) is 11.3 Å². The fourth-order valence-corrected chi connectivity index (χ4v) is 1.76. The summed E-state index contributed by atoms with van der Waals surface area (Å²) in [5, 5.41) is 24.1. The van der Waals surface area contributed by atoms with Gasteiger partial charge in [0.1, 0.15) is 6.07 Å². The van der Waals surface area contributed by atoms with Crippen LogP contribution in [0.25, 0.3) is 11.3 Å². The largest absolute Gasteiger partial charge is 0.275 e. The molecule has 0 amide bonds. The van der Waals surface area contributed by atoms with Crippen molar-refractivity contribution < 1.29 is 4.92 Å². The molecule has 1 heterocycles. The topological polar surface area (TPSA) is 84.8 Å². The Morgan fingerprint density at radius 2 is 2.22 bits per heavy atom. The molecule has 6 heteroatoms. The molecule has 1 aromatic heterocycles. The Morgan fingerprint density at radius 3 is 2.72 bits per heavy atom. The van der Waals surface area contributed by atoms with E-state index in [1.807, 2.05) is 6.07 Å². The van der Waals surface area contributed by atoms with Crippen LogP contribution in [0.15, 0.2) is 24.4 Å². The van der Waals surface area contributed by atoms with Crippen molar-refractivity contribution in [2.45, 2.75) is 6.92 Å². The van der Waals surface area contributed by atoms with Gasteiger partial charge >= 0.3 is 0 Å². The Kier molecular flexibility index (Phi) is 2.81. The van der Waals surface area contributed by atoms with Crippen molar-refractivity contribution in [2.75, 3.05) is 0 Å². The molecule has 0 aliphatic carbocycles. The van der Waals surface area contributed by atoms with Gasteiger partial charge in [-0.15, -0.1) is 0 Å². The molecule has 6 nitrogen and oxygen atoms in total. The van der Waals surface area contributed by atoms with Gasteiger partial charge in [0.15, 0.2) is 0 Å². The van der Waals surface area contributed by atoms with Crippen molar-refractivity contribution in [2.24, 2.45) is 7.05 Å². The lowest BCUT2D eigenvalue weighted by Gasteiger charge is -2.03. The number of hydrogen-bond donors (Lipinski definition) is 0. The minimum Gasteiger partial charge on any atom is -0.275 e. The molecule has 0 saturated heterocycles. The summed E-state index contributed by atoms with van der Waals surface area (Å²) < 4.78 is 1.62. The summed E-state index contributed by atoms with van der Waals surface area (Å²) in [5.41, 5.74) is 1.96. The van der Waals surface area contributed by atoms with Crippen LogP contribution in [0, 0.1) is 28.4 Å². The third-order valence-corrected chi connectivity index (χ3v) is 2.64. The zero-order valence-corrected chi connectivity index (χ0v) is 9.91. The standard InChI is InChI=1S/C12H10N4O2/c1-8-5-10(11-3-4-15(2)14-11)9(7-13)6-12(8)16(17)18/h3-6H,1-2H3. The van der Waals surface area contributed by atoms with Gasteiger partial charge in [0.25, 0.3) is 5.69 Å². The highest BCUT2D eigenvalue weighted by atomic mass is 16.6. The van der Waals surface area contributed by atoms with Gasteiger partial charge < -0.3 is 0 Å². The van der Waals surface area contributed by atoms with Crippen molar-refractivity contribution in [3.05, 3.63) is 45.6 Å². The van der Waals surface area contributed by atoms with Crippen molar-refractivity contribution in [3.63, 3.8) is 0 Å². The molecular weight excluding hydrogens is 232 g/mol. The van der Waals surface area contributed by atoms with E-state index in [9.17, 15) is 10.1 Å². The summed E-state index contributed by atoms with van der Waals surface area (Å²) in [6, 6.07) is 6.65. The highest BCUT2D eigenvalue weighted by molar-refractivity contribution is 5.71. The smallest absolute Gasteiger partial charge is 0.273 e. The molecule has 0 bridgehead atoms. The fourth-order valence-electron chi connectivity index (χ4n) is 1.76. The Balaban J connectivity index is 2.66. The molecule has 2 aromatic rings. The first-order valence-electron chi connectivity index (χ1n) is 5.22. The van der Waals surface area contributed by atoms with Crippen LogP contribution in [0.4, 0.5) is 5.69 Å². The third kappa shape index (κ3) is 1.94. The summed E-state index contributed by atoms with van der Waals surface area (Å²) >= 11 is 0. The minimum absolute atomic E-state index is 0.0498. The molecule has 0 atom stereocenters. The summed E-state index contributed by atoms with van der Waals surface area (Å²) in [6.07, 6.45) is 1.76. The van der Waals surface area contributed by atoms with Crippen LogP contribution in [0.1, 0.15) is 11.1 Å². The van der Waals surface area contributed by atoms with E-state index in [0.29, 0.717) is 16.8 Å². The lowest BCUT2D eigenvalue weighted by molar-refractivity contribution is -0.385. The zero-order chi connectivity index (χ0) is 13.3. The van der Waals surface area contributed by atoms with Crippen molar-refractivity contribution >= 4 is 5.69 Å². The molecule has 0 N–H and O–H groups in total. The predicted molar refractivity (Wildman–Crippen MR) is 64.8 cm³/mol. The number of hydrogen-bond acceptors (Lipinski definition) is 4. The van der Waals surface area contributed by atoms with Crippen LogP contribution in [0.2, 0.25) is 0 Å². The Morgan fingerprint density at radius 1 is 1.50 bits per heavy atom. The predicted octanol–water partition coefficient (Wildman–Crippen LogP) is 2.18. The first-order valence-corrected chi connectivity index (χ1v) is 5.22. The number of benzene rings is 1. The van der Waals surface area contributed by atoms with E-state index < -0.39 is 4.92 Å².